The minimum atomic E-state index is -0.513. The zero-order valence-electron chi connectivity index (χ0n) is 13.8. The molecule has 2 aromatic heterocycles. The lowest BCUT2D eigenvalue weighted by molar-refractivity contribution is -0.115. The van der Waals surface area contributed by atoms with Gasteiger partial charge in [0.25, 0.3) is 0 Å². The molecule has 0 N–H and O–H groups in total. The normalized spacial score (nSPS) is 11.0. The number of anilines is 2. The molecule has 0 radical (unpaired) electrons. The van der Waals surface area contributed by atoms with Gasteiger partial charge in [-0.3, -0.25) is 14.7 Å². The maximum atomic E-state index is 14.1. The van der Waals surface area contributed by atoms with Gasteiger partial charge in [-0.1, -0.05) is 18.2 Å². The monoisotopic (exact) mass is 364 g/mol. The number of amides is 1. The van der Waals surface area contributed by atoms with Crippen LogP contribution in [0.25, 0.3) is 11.6 Å². The molecule has 0 aliphatic carbocycles. The highest BCUT2D eigenvalue weighted by Gasteiger charge is 2.20. The number of para-hydroxylation sites is 1. The Morgan fingerprint density at radius 3 is 2.69 bits per heavy atom. The van der Waals surface area contributed by atoms with E-state index < -0.39 is 5.82 Å². The number of hydrogen-bond donors (Lipinski definition) is 0. The Kier molecular flexibility index (Phi) is 5.15. The number of carbonyl (C=O) groups is 1. The predicted molar refractivity (Wildman–Crippen MR) is 99.1 cm³/mol. The summed E-state index contributed by atoms with van der Waals surface area (Å²) in [5, 5.41) is 11.4. The molecule has 0 spiro atoms. The van der Waals surface area contributed by atoms with Crippen molar-refractivity contribution in [1.29, 1.82) is 5.26 Å². The number of pyridine rings is 1. The van der Waals surface area contributed by atoms with Crippen molar-refractivity contribution in [3.63, 3.8) is 0 Å². The summed E-state index contributed by atoms with van der Waals surface area (Å²) in [5.41, 5.74) is 1.51. The smallest absolute Gasteiger partial charge is 0.230 e. The van der Waals surface area contributed by atoms with E-state index in [4.69, 9.17) is 0 Å². The number of rotatable bonds is 4. The molecule has 0 aliphatic rings. The Bertz CT molecular complexity index is 1010. The Morgan fingerprint density at radius 2 is 2.04 bits per heavy atom. The molecule has 0 aliphatic heterocycles. The summed E-state index contributed by atoms with van der Waals surface area (Å²) < 4.78 is 14.1. The van der Waals surface area contributed by atoms with Crippen LogP contribution in [0.4, 0.5) is 15.2 Å². The van der Waals surface area contributed by atoms with Gasteiger partial charge in [-0.2, -0.15) is 5.26 Å². The molecule has 3 aromatic rings. The SMILES string of the molecule is CC(=O)N(c1nc(C=C(C#N)c2ccccn2)cs1)c1ccccc1F. The summed E-state index contributed by atoms with van der Waals surface area (Å²) in [5.74, 6) is -0.869. The van der Waals surface area contributed by atoms with Crippen molar-refractivity contribution in [2.75, 3.05) is 4.90 Å². The maximum Gasteiger partial charge on any atom is 0.230 e. The molecule has 0 bridgehead atoms. The molecule has 2 heterocycles. The average Bonchev–Trinajstić information content (AvgIpc) is 3.10. The summed E-state index contributed by atoms with van der Waals surface area (Å²) in [4.78, 5) is 21.8. The van der Waals surface area contributed by atoms with Gasteiger partial charge in [0, 0.05) is 18.5 Å². The van der Waals surface area contributed by atoms with Gasteiger partial charge in [-0.05, 0) is 30.3 Å². The van der Waals surface area contributed by atoms with Crippen LogP contribution in [0.2, 0.25) is 0 Å². The number of halogens is 1. The topological polar surface area (TPSA) is 69.9 Å². The summed E-state index contributed by atoms with van der Waals surface area (Å²) in [6.45, 7) is 1.35. The number of nitriles is 1. The Labute approximate surface area is 153 Å². The third-order valence-electron chi connectivity index (χ3n) is 3.46. The standard InChI is InChI=1S/C19H13FN4OS/c1-13(25)24(18-8-3-2-6-16(18)20)19-23-15(12-26-19)10-14(11-21)17-7-4-5-9-22-17/h2-10,12H,1H3. The van der Waals surface area contributed by atoms with Crippen LogP contribution in [0.15, 0.2) is 54.0 Å². The molecular weight excluding hydrogens is 351 g/mol. The molecule has 5 nitrogen and oxygen atoms in total. The van der Waals surface area contributed by atoms with Gasteiger partial charge in [-0.15, -0.1) is 11.3 Å². The zero-order valence-corrected chi connectivity index (χ0v) is 14.6. The molecule has 3 rings (SSSR count). The van der Waals surface area contributed by atoms with Crippen molar-refractivity contribution < 1.29 is 9.18 Å². The highest BCUT2D eigenvalue weighted by molar-refractivity contribution is 7.14. The van der Waals surface area contributed by atoms with Crippen molar-refractivity contribution >= 4 is 39.7 Å². The fraction of sp³-hybridized carbons (Fsp3) is 0.0526. The lowest BCUT2D eigenvalue weighted by Crippen LogP contribution is -2.23. The number of nitrogens with zero attached hydrogens (tertiary/aromatic N) is 4. The van der Waals surface area contributed by atoms with E-state index in [9.17, 15) is 14.4 Å². The quantitative estimate of drug-likeness (QED) is 0.642. The van der Waals surface area contributed by atoms with E-state index in [2.05, 4.69) is 16.0 Å². The highest BCUT2D eigenvalue weighted by atomic mass is 32.1. The molecular formula is C19H13FN4OS. The first-order valence-electron chi connectivity index (χ1n) is 7.64. The summed E-state index contributed by atoms with van der Waals surface area (Å²) in [7, 11) is 0. The average molecular weight is 364 g/mol. The van der Waals surface area contributed by atoms with Gasteiger partial charge in [0.05, 0.1) is 22.6 Å². The van der Waals surface area contributed by atoms with E-state index >= 15 is 0 Å². The number of allylic oxidation sites excluding steroid dienone is 1. The van der Waals surface area contributed by atoms with Gasteiger partial charge < -0.3 is 0 Å². The van der Waals surface area contributed by atoms with E-state index in [0.717, 1.165) is 0 Å². The van der Waals surface area contributed by atoms with E-state index in [0.29, 0.717) is 22.1 Å². The van der Waals surface area contributed by atoms with Crippen LogP contribution in [-0.4, -0.2) is 15.9 Å². The van der Waals surface area contributed by atoms with E-state index in [1.807, 2.05) is 0 Å². The second kappa shape index (κ2) is 7.68. The lowest BCUT2D eigenvalue weighted by Gasteiger charge is -2.18. The van der Waals surface area contributed by atoms with Crippen molar-refractivity contribution in [3.05, 3.63) is 71.2 Å². The number of benzene rings is 1. The van der Waals surface area contributed by atoms with Crippen LogP contribution in [-0.2, 0) is 4.79 Å². The van der Waals surface area contributed by atoms with E-state index in [1.165, 1.54) is 35.3 Å². The molecule has 128 valence electrons. The van der Waals surface area contributed by atoms with Crippen LogP contribution >= 0.6 is 11.3 Å². The third kappa shape index (κ3) is 3.66. The fourth-order valence-electron chi connectivity index (χ4n) is 2.32. The van der Waals surface area contributed by atoms with Gasteiger partial charge in [0.1, 0.15) is 11.9 Å². The summed E-state index contributed by atoms with van der Waals surface area (Å²) >= 11 is 1.19. The Hall–Kier alpha value is -3.37. The van der Waals surface area contributed by atoms with Crippen molar-refractivity contribution in [2.24, 2.45) is 0 Å². The van der Waals surface area contributed by atoms with Gasteiger partial charge in [0.15, 0.2) is 5.13 Å². The minimum absolute atomic E-state index is 0.134. The van der Waals surface area contributed by atoms with Gasteiger partial charge >= 0.3 is 0 Å². The van der Waals surface area contributed by atoms with Crippen LogP contribution in [0.1, 0.15) is 18.3 Å². The Morgan fingerprint density at radius 1 is 1.27 bits per heavy atom. The molecule has 1 amide bonds. The molecule has 0 saturated carbocycles. The fourth-order valence-corrected chi connectivity index (χ4v) is 3.16. The van der Waals surface area contributed by atoms with Crippen molar-refractivity contribution in [3.8, 4) is 6.07 Å². The zero-order chi connectivity index (χ0) is 18.5. The largest absolute Gasteiger partial charge is 0.274 e. The number of aromatic nitrogens is 2. The molecule has 0 fully saturated rings. The molecule has 7 heteroatoms. The molecule has 0 atom stereocenters. The molecule has 0 saturated heterocycles. The van der Waals surface area contributed by atoms with Crippen LogP contribution < -0.4 is 4.90 Å². The Balaban J connectivity index is 1.98. The molecule has 26 heavy (non-hydrogen) atoms. The van der Waals surface area contributed by atoms with E-state index in [1.54, 1.807) is 48.0 Å². The lowest BCUT2D eigenvalue weighted by atomic mass is 10.1. The highest BCUT2D eigenvalue weighted by Crippen LogP contribution is 2.31. The predicted octanol–water partition coefficient (Wildman–Crippen LogP) is 4.43. The van der Waals surface area contributed by atoms with Crippen molar-refractivity contribution in [2.45, 2.75) is 6.92 Å². The van der Waals surface area contributed by atoms with Crippen LogP contribution in [0, 0.1) is 17.1 Å². The van der Waals surface area contributed by atoms with E-state index in [-0.39, 0.29) is 11.6 Å². The molecule has 0 unspecified atom stereocenters. The van der Waals surface area contributed by atoms with Crippen molar-refractivity contribution in [1.82, 2.24) is 9.97 Å². The summed E-state index contributed by atoms with van der Waals surface area (Å²) in [6, 6.07) is 13.4. The van der Waals surface area contributed by atoms with Gasteiger partial charge in [0.2, 0.25) is 5.91 Å². The number of hydrogen-bond acceptors (Lipinski definition) is 5. The summed E-state index contributed by atoms with van der Waals surface area (Å²) in [6.07, 6.45) is 3.19. The first-order chi connectivity index (χ1) is 12.6. The molecule has 1 aromatic carbocycles. The first-order valence-corrected chi connectivity index (χ1v) is 8.52. The van der Waals surface area contributed by atoms with Crippen LogP contribution in [0.5, 0.6) is 0 Å². The maximum absolute atomic E-state index is 14.1. The third-order valence-corrected chi connectivity index (χ3v) is 4.31. The minimum Gasteiger partial charge on any atom is -0.274 e. The second-order valence-corrected chi connectivity index (χ2v) is 6.08. The van der Waals surface area contributed by atoms with Crippen LogP contribution in [0.3, 0.4) is 0 Å². The first kappa shape index (κ1) is 17.5. The number of carbonyl (C=O) groups excluding carboxylic acids is 1. The number of thiazole rings is 1. The second-order valence-electron chi connectivity index (χ2n) is 5.25. The van der Waals surface area contributed by atoms with Gasteiger partial charge in [-0.25, -0.2) is 9.37 Å².